The maximum absolute atomic E-state index is 5.27. The quantitative estimate of drug-likeness (QED) is 0.603. The molecule has 0 saturated heterocycles. The highest BCUT2D eigenvalue weighted by molar-refractivity contribution is 7.80. The zero-order valence-corrected chi connectivity index (χ0v) is 10.8. The summed E-state index contributed by atoms with van der Waals surface area (Å²) in [6.45, 7) is 7.18. The van der Waals surface area contributed by atoms with Crippen LogP contribution in [0.1, 0.15) is 19.5 Å². The van der Waals surface area contributed by atoms with E-state index in [2.05, 4.69) is 29.0 Å². The van der Waals surface area contributed by atoms with E-state index in [1.807, 2.05) is 18.2 Å². The van der Waals surface area contributed by atoms with E-state index in [0.717, 1.165) is 36.9 Å². The molecule has 0 aliphatic rings. The number of hydrogen-bond acceptors (Lipinski definition) is 3. The fourth-order valence-corrected chi connectivity index (χ4v) is 1.59. The van der Waals surface area contributed by atoms with Gasteiger partial charge in [-0.25, -0.2) is 0 Å². The Bertz CT molecular complexity index is 309. The van der Waals surface area contributed by atoms with Crippen molar-refractivity contribution in [3.63, 3.8) is 0 Å². The molecule has 0 bridgehead atoms. The minimum absolute atomic E-state index is 0.720. The van der Waals surface area contributed by atoms with Crippen LogP contribution in [-0.2, 0) is 6.42 Å². The molecule has 1 rings (SSSR count). The zero-order valence-electron chi connectivity index (χ0n) is 9.94. The normalized spacial score (nSPS) is 10.4. The van der Waals surface area contributed by atoms with Crippen molar-refractivity contribution in [3.8, 4) is 0 Å². The average molecular weight is 237 g/mol. The minimum atomic E-state index is 0.720. The molecular weight excluding hydrogens is 218 g/mol. The fourth-order valence-electron chi connectivity index (χ4n) is 1.38. The molecule has 0 amide bonds. The summed E-state index contributed by atoms with van der Waals surface area (Å²) in [5, 5.41) is 3.25. The van der Waals surface area contributed by atoms with Gasteiger partial charge in [0.2, 0.25) is 0 Å². The summed E-state index contributed by atoms with van der Waals surface area (Å²) >= 11 is 5.27. The predicted molar refractivity (Wildman–Crippen MR) is 71.5 cm³/mol. The predicted octanol–water partition coefficient (Wildman–Crippen LogP) is 1.84. The number of rotatable bonds is 6. The van der Waals surface area contributed by atoms with E-state index in [4.69, 9.17) is 12.2 Å². The fraction of sp³-hybridized carbons (Fsp3) is 0.500. The summed E-state index contributed by atoms with van der Waals surface area (Å²) < 4.78 is 0. The van der Waals surface area contributed by atoms with Crippen molar-refractivity contribution in [2.24, 2.45) is 0 Å². The van der Waals surface area contributed by atoms with Gasteiger partial charge in [-0.15, -0.1) is 0 Å². The van der Waals surface area contributed by atoms with Gasteiger partial charge in [0.1, 0.15) is 0 Å². The molecule has 0 aromatic carbocycles. The Morgan fingerprint density at radius 1 is 1.38 bits per heavy atom. The lowest BCUT2D eigenvalue weighted by molar-refractivity contribution is 0.298. The van der Waals surface area contributed by atoms with E-state index in [0.29, 0.717) is 0 Å². The summed E-state index contributed by atoms with van der Waals surface area (Å²) in [5.41, 5.74) is 1.01. The second kappa shape index (κ2) is 7.30. The van der Waals surface area contributed by atoms with E-state index in [-0.39, 0.29) is 0 Å². The monoisotopic (exact) mass is 237 g/mol. The highest BCUT2D eigenvalue weighted by Gasteiger charge is 2.02. The molecule has 0 spiro atoms. The molecule has 0 atom stereocenters. The number of nitrogens with one attached hydrogen (secondary N) is 1. The van der Waals surface area contributed by atoms with Gasteiger partial charge in [-0.05, 0) is 25.2 Å². The molecule has 1 heterocycles. The molecule has 0 aliphatic carbocycles. The molecule has 1 aromatic rings. The minimum Gasteiger partial charge on any atom is -0.367 e. The average Bonchev–Trinajstić information content (AvgIpc) is 2.31. The van der Waals surface area contributed by atoms with E-state index < -0.39 is 0 Å². The van der Waals surface area contributed by atoms with Crippen LogP contribution < -0.4 is 5.32 Å². The first-order chi connectivity index (χ1) is 7.76. The van der Waals surface area contributed by atoms with Gasteiger partial charge in [0.05, 0.1) is 11.7 Å². The van der Waals surface area contributed by atoms with Crippen LogP contribution in [0.4, 0.5) is 0 Å². The molecule has 1 aromatic heterocycles. The second-order valence-corrected chi connectivity index (χ2v) is 4.05. The summed E-state index contributed by atoms with van der Waals surface area (Å²) in [5.74, 6) is 0. The van der Waals surface area contributed by atoms with Crippen molar-refractivity contribution in [2.75, 3.05) is 19.8 Å². The van der Waals surface area contributed by atoms with E-state index in [1.165, 1.54) is 0 Å². The topological polar surface area (TPSA) is 28.2 Å². The van der Waals surface area contributed by atoms with E-state index >= 15 is 0 Å². The lowest BCUT2D eigenvalue weighted by atomic mass is 10.3. The molecule has 0 aliphatic heterocycles. The molecule has 0 saturated carbocycles. The maximum Gasteiger partial charge on any atom is 0.0823 e. The SMILES string of the molecule is CCN(CC)CNC(=S)Cc1ccccn1. The Hall–Kier alpha value is -1.00. The van der Waals surface area contributed by atoms with Crippen LogP contribution in [0.2, 0.25) is 0 Å². The molecule has 88 valence electrons. The smallest absolute Gasteiger partial charge is 0.0823 e. The summed E-state index contributed by atoms with van der Waals surface area (Å²) in [4.78, 5) is 7.38. The highest BCUT2D eigenvalue weighted by atomic mass is 32.1. The molecule has 0 fully saturated rings. The van der Waals surface area contributed by atoms with Gasteiger partial charge in [-0.2, -0.15) is 0 Å². The van der Waals surface area contributed by atoms with Crippen molar-refractivity contribution in [1.82, 2.24) is 15.2 Å². The van der Waals surface area contributed by atoms with Crippen molar-refractivity contribution < 1.29 is 0 Å². The Labute approximate surface area is 103 Å². The number of thiocarbonyl (C=S) groups is 1. The number of aromatic nitrogens is 1. The van der Waals surface area contributed by atoms with Gasteiger partial charge in [0, 0.05) is 18.3 Å². The van der Waals surface area contributed by atoms with Gasteiger partial charge in [-0.1, -0.05) is 32.1 Å². The van der Waals surface area contributed by atoms with Crippen LogP contribution in [-0.4, -0.2) is 34.6 Å². The maximum atomic E-state index is 5.27. The molecule has 0 unspecified atom stereocenters. The van der Waals surface area contributed by atoms with Crippen LogP contribution in [0.3, 0.4) is 0 Å². The lowest BCUT2D eigenvalue weighted by Crippen LogP contribution is -2.37. The number of hydrogen-bond donors (Lipinski definition) is 1. The molecule has 1 N–H and O–H groups in total. The van der Waals surface area contributed by atoms with Crippen LogP contribution in [0, 0.1) is 0 Å². The summed E-state index contributed by atoms with van der Waals surface area (Å²) in [7, 11) is 0. The highest BCUT2D eigenvalue weighted by Crippen LogP contribution is 1.95. The van der Waals surface area contributed by atoms with Crippen molar-refractivity contribution >= 4 is 17.2 Å². The van der Waals surface area contributed by atoms with Gasteiger partial charge in [-0.3, -0.25) is 9.88 Å². The Morgan fingerprint density at radius 2 is 2.12 bits per heavy atom. The van der Waals surface area contributed by atoms with E-state index in [1.54, 1.807) is 6.20 Å². The van der Waals surface area contributed by atoms with Gasteiger partial charge >= 0.3 is 0 Å². The summed E-state index contributed by atoms with van der Waals surface area (Å²) in [6, 6.07) is 5.89. The first kappa shape index (κ1) is 13.1. The van der Waals surface area contributed by atoms with Crippen molar-refractivity contribution in [3.05, 3.63) is 30.1 Å². The third kappa shape index (κ3) is 4.68. The second-order valence-electron chi connectivity index (χ2n) is 3.56. The molecule has 16 heavy (non-hydrogen) atoms. The number of pyridine rings is 1. The van der Waals surface area contributed by atoms with Crippen molar-refractivity contribution in [1.29, 1.82) is 0 Å². The first-order valence-corrected chi connectivity index (χ1v) is 6.06. The molecule has 0 radical (unpaired) electrons. The van der Waals surface area contributed by atoms with Gasteiger partial charge in [0.25, 0.3) is 0 Å². The van der Waals surface area contributed by atoms with Crippen LogP contribution in [0.25, 0.3) is 0 Å². The third-order valence-electron chi connectivity index (χ3n) is 2.46. The van der Waals surface area contributed by atoms with Crippen molar-refractivity contribution in [2.45, 2.75) is 20.3 Å². The standard InChI is InChI=1S/C12H19N3S/c1-3-15(4-2)10-14-12(16)9-11-7-5-6-8-13-11/h5-8H,3-4,9-10H2,1-2H3,(H,14,16). The Kier molecular flexibility index (Phi) is 5.96. The molecular formula is C12H19N3S. The Balaban J connectivity index is 2.31. The van der Waals surface area contributed by atoms with Crippen LogP contribution in [0.15, 0.2) is 24.4 Å². The summed E-state index contributed by atoms with van der Waals surface area (Å²) in [6.07, 6.45) is 2.51. The van der Waals surface area contributed by atoms with Crippen LogP contribution in [0.5, 0.6) is 0 Å². The van der Waals surface area contributed by atoms with Gasteiger partial charge in [0.15, 0.2) is 0 Å². The zero-order chi connectivity index (χ0) is 11.8. The third-order valence-corrected chi connectivity index (χ3v) is 2.75. The Morgan fingerprint density at radius 3 is 2.69 bits per heavy atom. The number of nitrogens with zero attached hydrogens (tertiary/aromatic N) is 2. The first-order valence-electron chi connectivity index (χ1n) is 5.65. The largest absolute Gasteiger partial charge is 0.367 e. The molecule has 3 nitrogen and oxygen atoms in total. The van der Waals surface area contributed by atoms with Crippen LogP contribution >= 0.6 is 12.2 Å². The lowest BCUT2D eigenvalue weighted by Gasteiger charge is -2.19. The molecule has 4 heteroatoms. The van der Waals surface area contributed by atoms with E-state index in [9.17, 15) is 0 Å². The van der Waals surface area contributed by atoms with Gasteiger partial charge < -0.3 is 5.32 Å².